The van der Waals surface area contributed by atoms with Gasteiger partial charge in [-0.15, -0.1) is 0 Å². The Hall–Kier alpha value is -0.530. The third-order valence-corrected chi connectivity index (χ3v) is 4.09. The molecule has 1 saturated carbocycles. The highest BCUT2D eigenvalue weighted by Gasteiger charge is 2.50. The highest BCUT2D eigenvalue weighted by molar-refractivity contribution is 5.76. The highest BCUT2D eigenvalue weighted by Crippen LogP contribution is 2.55. The minimum Gasteiger partial charge on any atom is -0.356 e. The first-order valence-corrected chi connectivity index (χ1v) is 5.44. The highest BCUT2D eigenvalue weighted by atomic mass is 16.1. The van der Waals surface area contributed by atoms with E-state index in [4.69, 9.17) is 0 Å². The van der Waals surface area contributed by atoms with Crippen molar-refractivity contribution < 1.29 is 4.79 Å². The molecule has 74 valence electrons. The Bertz CT molecular complexity index is 214. The number of carbonyl (C=O) groups excluding carboxylic acids is 1. The fraction of sp³-hybridized carbons (Fsp3) is 0.909. The molecule has 0 aromatic heterocycles. The van der Waals surface area contributed by atoms with Crippen molar-refractivity contribution >= 4 is 5.91 Å². The maximum Gasteiger partial charge on any atom is 0.220 e. The number of hydrogen-bond acceptors (Lipinski definition) is 1. The molecule has 2 rings (SSSR count). The Kier molecular flexibility index (Phi) is 2.09. The molecule has 0 aromatic rings. The van der Waals surface area contributed by atoms with E-state index in [1.165, 1.54) is 12.8 Å². The maximum atomic E-state index is 11.1. The molecule has 2 nitrogen and oxygen atoms in total. The number of rotatable bonds is 2. The zero-order valence-corrected chi connectivity index (χ0v) is 8.60. The van der Waals surface area contributed by atoms with Crippen molar-refractivity contribution in [3.63, 3.8) is 0 Å². The van der Waals surface area contributed by atoms with Crippen LogP contribution in [0, 0.1) is 17.3 Å². The Morgan fingerprint density at radius 2 is 2.31 bits per heavy atom. The fourth-order valence-electron chi connectivity index (χ4n) is 2.87. The van der Waals surface area contributed by atoms with E-state index in [2.05, 4.69) is 19.2 Å². The lowest BCUT2D eigenvalue weighted by atomic mass is 9.73. The van der Waals surface area contributed by atoms with Gasteiger partial charge in [0.1, 0.15) is 0 Å². The molecular weight excluding hydrogens is 162 g/mol. The van der Waals surface area contributed by atoms with Gasteiger partial charge in [0.2, 0.25) is 5.91 Å². The van der Waals surface area contributed by atoms with Crippen LogP contribution in [0.1, 0.15) is 39.5 Å². The van der Waals surface area contributed by atoms with Crippen LogP contribution in [0.2, 0.25) is 0 Å². The largest absolute Gasteiger partial charge is 0.356 e. The van der Waals surface area contributed by atoms with Crippen LogP contribution in [-0.4, -0.2) is 12.5 Å². The molecule has 2 heteroatoms. The van der Waals surface area contributed by atoms with Crippen LogP contribution in [0.5, 0.6) is 0 Å². The van der Waals surface area contributed by atoms with Crippen molar-refractivity contribution in [2.75, 3.05) is 6.54 Å². The van der Waals surface area contributed by atoms with E-state index in [0.29, 0.717) is 5.41 Å². The lowest BCUT2D eigenvalue weighted by Crippen LogP contribution is -2.44. The van der Waals surface area contributed by atoms with Crippen molar-refractivity contribution in [1.29, 1.82) is 0 Å². The predicted octanol–water partition coefficient (Wildman–Crippen LogP) is 1.95. The summed E-state index contributed by atoms with van der Waals surface area (Å²) < 4.78 is 0. The molecule has 1 aliphatic carbocycles. The summed E-state index contributed by atoms with van der Waals surface area (Å²) in [7, 11) is 0. The smallest absolute Gasteiger partial charge is 0.220 e. The second-order valence-electron chi connectivity index (χ2n) is 4.81. The second kappa shape index (κ2) is 3.00. The Labute approximate surface area is 80.1 Å². The molecule has 13 heavy (non-hydrogen) atoms. The van der Waals surface area contributed by atoms with E-state index in [-0.39, 0.29) is 5.91 Å². The lowest BCUT2D eigenvalue weighted by molar-refractivity contribution is -0.124. The van der Waals surface area contributed by atoms with Gasteiger partial charge in [0, 0.05) is 13.0 Å². The first kappa shape index (κ1) is 9.04. The van der Waals surface area contributed by atoms with Gasteiger partial charge >= 0.3 is 0 Å². The monoisotopic (exact) mass is 181 g/mol. The van der Waals surface area contributed by atoms with Crippen LogP contribution in [0.4, 0.5) is 0 Å². The summed E-state index contributed by atoms with van der Waals surface area (Å²) in [6, 6.07) is 0. The molecule has 0 radical (unpaired) electrons. The SMILES string of the molecule is CCC1(C2CC2C)CCC(=O)NC1. The molecule has 1 amide bonds. The molecular formula is C11H19NO. The van der Waals surface area contributed by atoms with Gasteiger partial charge in [-0.3, -0.25) is 4.79 Å². The van der Waals surface area contributed by atoms with Crippen molar-refractivity contribution in [3.8, 4) is 0 Å². The summed E-state index contributed by atoms with van der Waals surface area (Å²) in [5.74, 6) is 2.03. The number of carbonyl (C=O) groups is 1. The quantitative estimate of drug-likeness (QED) is 0.693. The van der Waals surface area contributed by atoms with Crippen LogP contribution in [0.15, 0.2) is 0 Å². The lowest BCUT2D eigenvalue weighted by Gasteiger charge is -2.37. The van der Waals surface area contributed by atoms with Gasteiger partial charge in [-0.05, 0) is 36.5 Å². The minimum atomic E-state index is 0.248. The number of hydrogen-bond donors (Lipinski definition) is 1. The van der Waals surface area contributed by atoms with E-state index in [9.17, 15) is 4.79 Å². The second-order valence-corrected chi connectivity index (χ2v) is 4.81. The van der Waals surface area contributed by atoms with Gasteiger partial charge in [-0.2, -0.15) is 0 Å². The van der Waals surface area contributed by atoms with Crippen molar-refractivity contribution in [1.82, 2.24) is 5.32 Å². The molecule has 0 bridgehead atoms. The molecule has 0 aromatic carbocycles. The van der Waals surface area contributed by atoms with Gasteiger partial charge in [-0.1, -0.05) is 13.8 Å². The maximum absolute atomic E-state index is 11.1. The number of amides is 1. The van der Waals surface area contributed by atoms with E-state index in [1.54, 1.807) is 0 Å². The number of piperidine rings is 1. The van der Waals surface area contributed by atoms with Crippen LogP contribution < -0.4 is 5.32 Å². The van der Waals surface area contributed by atoms with Crippen molar-refractivity contribution in [2.24, 2.45) is 17.3 Å². The van der Waals surface area contributed by atoms with Crippen LogP contribution in [-0.2, 0) is 4.79 Å². The van der Waals surface area contributed by atoms with Gasteiger partial charge in [0.05, 0.1) is 0 Å². The molecule has 1 heterocycles. The summed E-state index contributed by atoms with van der Waals surface area (Å²) in [6.45, 7) is 5.53. The van der Waals surface area contributed by atoms with Crippen molar-refractivity contribution in [2.45, 2.75) is 39.5 Å². The zero-order chi connectivity index (χ0) is 9.47. The van der Waals surface area contributed by atoms with E-state index < -0.39 is 0 Å². The first-order valence-electron chi connectivity index (χ1n) is 5.44. The Balaban J connectivity index is 2.03. The normalized spacial score (nSPS) is 44.3. The summed E-state index contributed by atoms with van der Waals surface area (Å²) in [4.78, 5) is 11.1. The summed E-state index contributed by atoms with van der Waals surface area (Å²) in [5.41, 5.74) is 0.452. The van der Waals surface area contributed by atoms with Crippen LogP contribution >= 0.6 is 0 Å². The standard InChI is InChI=1S/C11H19NO/c1-3-11(9-6-8(9)2)5-4-10(13)12-7-11/h8-9H,3-7H2,1-2H3,(H,12,13). The van der Waals surface area contributed by atoms with Crippen LogP contribution in [0.3, 0.4) is 0 Å². The molecule has 2 fully saturated rings. The zero-order valence-electron chi connectivity index (χ0n) is 8.60. The number of nitrogens with one attached hydrogen (secondary N) is 1. The summed E-state index contributed by atoms with van der Waals surface area (Å²) in [6.07, 6.45) is 4.47. The van der Waals surface area contributed by atoms with Gasteiger partial charge in [0.15, 0.2) is 0 Å². The summed E-state index contributed by atoms with van der Waals surface area (Å²) in [5, 5.41) is 3.03. The molecule has 0 spiro atoms. The van der Waals surface area contributed by atoms with E-state index in [0.717, 1.165) is 31.2 Å². The Morgan fingerprint density at radius 1 is 1.62 bits per heavy atom. The third kappa shape index (κ3) is 1.47. The minimum absolute atomic E-state index is 0.248. The van der Waals surface area contributed by atoms with E-state index in [1.807, 2.05) is 0 Å². The molecule has 1 N–H and O–H groups in total. The van der Waals surface area contributed by atoms with E-state index >= 15 is 0 Å². The molecule has 1 aliphatic heterocycles. The molecule has 3 atom stereocenters. The topological polar surface area (TPSA) is 29.1 Å². The molecule has 1 saturated heterocycles. The average molecular weight is 181 g/mol. The van der Waals surface area contributed by atoms with Crippen LogP contribution in [0.25, 0.3) is 0 Å². The molecule has 2 aliphatic rings. The van der Waals surface area contributed by atoms with Gasteiger partial charge < -0.3 is 5.32 Å². The fourth-order valence-corrected chi connectivity index (χ4v) is 2.87. The third-order valence-electron chi connectivity index (χ3n) is 4.09. The Morgan fingerprint density at radius 3 is 2.69 bits per heavy atom. The summed E-state index contributed by atoms with van der Waals surface area (Å²) >= 11 is 0. The van der Waals surface area contributed by atoms with Gasteiger partial charge in [0.25, 0.3) is 0 Å². The first-order chi connectivity index (χ1) is 6.18. The van der Waals surface area contributed by atoms with Gasteiger partial charge in [-0.25, -0.2) is 0 Å². The van der Waals surface area contributed by atoms with Crippen molar-refractivity contribution in [3.05, 3.63) is 0 Å². The molecule has 3 unspecified atom stereocenters. The predicted molar refractivity (Wildman–Crippen MR) is 52.2 cm³/mol. The average Bonchev–Trinajstić information content (AvgIpc) is 2.86.